The quantitative estimate of drug-likeness (QED) is 0.181. The van der Waals surface area contributed by atoms with E-state index in [1.165, 1.54) is 0 Å². The first-order valence-electron chi connectivity index (χ1n) is 4.74. The van der Waals surface area contributed by atoms with E-state index in [0.717, 1.165) is 0 Å². The van der Waals surface area contributed by atoms with Crippen LogP contribution in [0.3, 0.4) is 0 Å². The standard InChI is InChI=1S/C8H16N2O5S/c9-4(2-16)10-5-7(13)6(12)3(1-11)15-8(5)14/h3,5-8,11-14,16H,1-2H2,(H2,9,10)/t3-,5-,6-,7-,8-/m1/s1. The number of aliphatic hydroxyl groups excluding tert-OH is 4. The number of amidine groups is 1. The fraction of sp³-hybridized carbons (Fsp3) is 0.875. The summed E-state index contributed by atoms with van der Waals surface area (Å²) in [5, 5.41) is 37.5. The summed E-state index contributed by atoms with van der Waals surface area (Å²) >= 11 is 3.87. The maximum atomic E-state index is 9.67. The summed E-state index contributed by atoms with van der Waals surface area (Å²) in [5.41, 5.74) is 5.41. The number of ether oxygens (including phenoxy) is 1. The molecule has 0 aliphatic carbocycles. The zero-order valence-corrected chi connectivity index (χ0v) is 9.36. The van der Waals surface area contributed by atoms with Crippen LogP contribution in [0.1, 0.15) is 0 Å². The average Bonchev–Trinajstić information content (AvgIpc) is 2.28. The van der Waals surface area contributed by atoms with Crippen molar-refractivity contribution >= 4 is 18.5 Å². The van der Waals surface area contributed by atoms with Gasteiger partial charge in [0.25, 0.3) is 0 Å². The third-order valence-corrected chi connectivity index (χ3v) is 2.67. The van der Waals surface area contributed by atoms with Crippen molar-refractivity contribution in [3.05, 3.63) is 0 Å². The highest BCUT2D eigenvalue weighted by Gasteiger charge is 2.43. The molecule has 16 heavy (non-hydrogen) atoms. The lowest BCUT2D eigenvalue weighted by Gasteiger charge is -2.38. The van der Waals surface area contributed by atoms with E-state index in [1.54, 1.807) is 0 Å². The monoisotopic (exact) mass is 252 g/mol. The number of hydrogen-bond donors (Lipinski definition) is 6. The van der Waals surface area contributed by atoms with Gasteiger partial charge in [0.15, 0.2) is 6.29 Å². The van der Waals surface area contributed by atoms with Gasteiger partial charge < -0.3 is 30.9 Å². The highest BCUT2D eigenvalue weighted by molar-refractivity contribution is 7.81. The minimum atomic E-state index is -1.42. The van der Waals surface area contributed by atoms with Crippen molar-refractivity contribution < 1.29 is 25.2 Å². The lowest BCUT2D eigenvalue weighted by atomic mass is 9.97. The molecule has 7 nitrogen and oxygen atoms in total. The molecule has 1 aliphatic rings. The predicted octanol–water partition coefficient (Wildman–Crippen LogP) is -2.93. The number of aliphatic imine (C=N–C) groups is 1. The highest BCUT2D eigenvalue weighted by atomic mass is 32.1. The predicted molar refractivity (Wildman–Crippen MR) is 59.2 cm³/mol. The van der Waals surface area contributed by atoms with Crippen molar-refractivity contribution in [1.82, 2.24) is 0 Å². The van der Waals surface area contributed by atoms with Gasteiger partial charge in [0.05, 0.1) is 6.61 Å². The summed E-state index contributed by atoms with van der Waals surface area (Å²) in [6.07, 6.45) is -5.13. The molecule has 1 fully saturated rings. The van der Waals surface area contributed by atoms with E-state index >= 15 is 0 Å². The zero-order chi connectivity index (χ0) is 12.3. The molecular weight excluding hydrogens is 236 g/mol. The van der Waals surface area contributed by atoms with Gasteiger partial charge in [-0.2, -0.15) is 12.6 Å². The summed E-state index contributed by atoms with van der Waals surface area (Å²) in [5.74, 6) is 0.278. The molecule has 0 amide bonds. The fourth-order valence-electron chi connectivity index (χ4n) is 1.45. The summed E-state index contributed by atoms with van der Waals surface area (Å²) in [4.78, 5) is 3.79. The summed E-state index contributed by atoms with van der Waals surface area (Å²) in [7, 11) is 0. The number of nitrogens with zero attached hydrogens (tertiary/aromatic N) is 1. The smallest absolute Gasteiger partial charge is 0.180 e. The lowest BCUT2D eigenvalue weighted by molar-refractivity contribution is -0.248. The van der Waals surface area contributed by atoms with Crippen LogP contribution in [0, 0.1) is 0 Å². The maximum absolute atomic E-state index is 9.67. The Morgan fingerprint density at radius 1 is 1.31 bits per heavy atom. The normalized spacial score (nSPS) is 41.1. The van der Waals surface area contributed by atoms with Crippen LogP contribution in [0.5, 0.6) is 0 Å². The van der Waals surface area contributed by atoms with Gasteiger partial charge in [0.1, 0.15) is 30.2 Å². The Labute approximate surface area is 98.0 Å². The van der Waals surface area contributed by atoms with Crippen LogP contribution >= 0.6 is 12.6 Å². The molecule has 0 bridgehead atoms. The molecule has 0 aromatic heterocycles. The Morgan fingerprint density at radius 2 is 1.94 bits per heavy atom. The molecule has 8 heteroatoms. The first-order chi connectivity index (χ1) is 7.51. The Balaban J connectivity index is 2.79. The van der Waals surface area contributed by atoms with Gasteiger partial charge in [-0.15, -0.1) is 0 Å². The second-order valence-corrected chi connectivity index (χ2v) is 3.81. The molecule has 0 radical (unpaired) electrons. The van der Waals surface area contributed by atoms with E-state index in [0.29, 0.717) is 0 Å². The van der Waals surface area contributed by atoms with Gasteiger partial charge in [-0.25, -0.2) is 0 Å². The van der Waals surface area contributed by atoms with Gasteiger partial charge in [-0.05, 0) is 0 Å². The topological polar surface area (TPSA) is 129 Å². The van der Waals surface area contributed by atoms with Gasteiger partial charge in [0.2, 0.25) is 0 Å². The third-order valence-electron chi connectivity index (χ3n) is 2.34. The molecule has 0 saturated carbocycles. The largest absolute Gasteiger partial charge is 0.394 e. The van der Waals surface area contributed by atoms with Crippen molar-refractivity contribution in [2.45, 2.75) is 30.6 Å². The Hall–Kier alpha value is -0.380. The molecule has 1 heterocycles. The van der Waals surface area contributed by atoms with Crippen LogP contribution in [0.15, 0.2) is 4.99 Å². The summed E-state index contributed by atoms with van der Waals surface area (Å²) < 4.78 is 4.88. The molecule has 0 aromatic rings. The van der Waals surface area contributed by atoms with Gasteiger partial charge >= 0.3 is 0 Å². The minimum absolute atomic E-state index is 0.115. The first-order valence-corrected chi connectivity index (χ1v) is 5.38. The van der Waals surface area contributed by atoms with Crippen LogP contribution in [0.2, 0.25) is 0 Å². The SMILES string of the molecule is NC(CS)=N[C@@H]1[C@@H](O)[C@H](O)[C@@H](CO)O[C@H]1O. The number of aliphatic hydroxyl groups is 4. The van der Waals surface area contributed by atoms with E-state index in [-0.39, 0.29) is 11.6 Å². The molecule has 5 atom stereocenters. The van der Waals surface area contributed by atoms with Crippen molar-refractivity contribution in [2.75, 3.05) is 12.4 Å². The number of nitrogens with two attached hydrogens (primary N) is 1. The van der Waals surface area contributed by atoms with Crippen LogP contribution in [0.25, 0.3) is 0 Å². The molecule has 1 saturated heterocycles. The second kappa shape index (κ2) is 5.80. The molecule has 1 rings (SSSR count). The Bertz CT molecular complexity index is 265. The number of rotatable bonds is 3. The minimum Gasteiger partial charge on any atom is -0.394 e. The van der Waals surface area contributed by atoms with Crippen LogP contribution < -0.4 is 5.73 Å². The molecule has 6 N–H and O–H groups in total. The second-order valence-electron chi connectivity index (χ2n) is 3.50. The fourth-order valence-corrected chi connectivity index (χ4v) is 1.54. The zero-order valence-electron chi connectivity index (χ0n) is 8.47. The van der Waals surface area contributed by atoms with Gasteiger partial charge in [-0.3, -0.25) is 4.99 Å². The van der Waals surface area contributed by atoms with E-state index < -0.39 is 37.3 Å². The summed E-state index contributed by atoms with van der Waals surface area (Å²) in [6, 6.07) is -1.08. The molecule has 0 unspecified atom stereocenters. The summed E-state index contributed by atoms with van der Waals surface area (Å²) in [6.45, 7) is -0.506. The molecule has 0 spiro atoms. The number of hydrogen-bond acceptors (Lipinski definition) is 7. The van der Waals surface area contributed by atoms with Crippen LogP contribution in [-0.4, -0.2) is 69.3 Å². The average molecular weight is 252 g/mol. The number of thiol groups is 1. The Kier molecular flexibility index (Phi) is 4.96. The van der Waals surface area contributed by atoms with Crippen LogP contribution in [0.4, 0.5) is 0 Å². The molecule has 1 aliphatic heterocycles. The van der Waals surface area contributed by atoms with E-state index in [4.69, 9.17) is 15.6 Å². The van der Waals surface area contributed by atoms with Gasteiger partial charge in [0, 0.05) is 5.75 Å². The van der Waals surface area contributed by atoms with Crippen molar-refractivity contribution in [1.29, 1.82) is 0 Å². The van der Waals surface area contributed by atoms with Crippen molar-refractivity contribution in [2.24, 2.45) is 10.7 Å². The van der Waals surface area contributed by atoms with Gasteiger partial charge in [-0.1, -0.05) is 0 Å². The molecular formula is C8H16N2O5S. The van der Waals surface area contributed by atoms with Crippen molar-refractivity contribution in [3.8, 4) is 0 Å². The van der Waals surface area contributed by atoms with E-state index in [1.807, 2.05) is 0 Å². The van der Waals surface area contributed by atoms with Crippen LogP contribution in [-0.2, 0) is 4.74 Å². The molecule has 0 aromatic carbocycles. The maximum Gasteiger partial charge on any atom is 0.180 e. The highest BCUT2D eigenvalue weighted by Crippen LogP contribution is 2.22. The first kappa shape index (κ1) is 13.7. The molecule has 94 valence electrons. The van der Waals surface area contributed by atoms with E-state index in [2.05, 4.69) is 17.6 Å². The lowest BCUT2D eigenvalue weighted by Crippen LogP contribution is -2.58. The van der Waals surface area contributed by atoms with E-state index in [9.17, 15) is 15.3 Å². The van der Waals surface area contributed by atoms with Crippen molar-refractivity contribution in [3.63, 3.8) is 0 Å². The third kappa shape index (κ3) is 2.84. The Morgan fingerprint density at radius 3 is 2.44 bits per heavy atom.